The van der Waals surface area contributed by atoms with E-state index in [1.54, 1.807) is 16.7 Å². The lowest BCUT2D eigenvalue weighted by molar-refractivity contribution is 0.535. The number of halogens is 1. The standard InChI is InChI=1S/C35H47FN2O/c1-4-5-6-7-8-9-10-11-12-13-14-15-16-17-18-27-19-24-33-31(25-27)32-26-30(28-20-22-29(36)23-21-28)35(39)38(3)34(32)37(33)2/h19-26H,4-18H2,1-3H3. The molecule has 0 fully saturated rings. The smallest absolute Gasteiger partial charge is 0.259 e. The summed E-state index contributed by atoms with van der Waals surface area (Å²) in [4.78, 5) is 13.2. The molecule has 2 heterocycles. The number of fused-ring (bicyclic) bond motifs is 3. The fourth-order valence-corrected chi connectivity index (χ4v) is 6.05. The summed E-state index contributed by atoms with van der Waals surface area (Å²) >= 11 is 0. The highest BCUT2D eigenvalue weighted by atomic mass is 19.1. The van der Waals surface area contributed by atoms with Crippen LogP contribution in [0, 0.1) is 5.82 Å². The van der Waals surface area contributed by atoms with E-state index in [1.165, 1.54) is 113 Å². The van der Waals surface area contributed by atoms with Gasteiger partial charge in [-0.1, -0.05) is 109 Å². The molecule has 0 unspecified atom stereocenters. The molecule has 0 atom stereocenters. The SMILES string of the molecule is CCCCCCCCCCCCCCCCc1ccc2c(c1)c1cc(-c3ccc(F)cc3)c(=O)n(C)c1n2C. The first-order valence-electron chi connectivity index (χ1n) is 15.4. The van der Waals surface area contributed by atoms with Crippen LogP contribution in [0.4, 0.5) is 4.39 Å². The highest BCUT2D eigenvalue weighted by Gasteiger charge is 2.16. The highest BCUT2D eigenvalue weighted by Crippen LogP contribution is 2.31. The molecule has 0 saturated heterocycles. The van der Waals surface area contributed by atoms with Gasteiger partial charge in [0.15, 0.2) is 0 Å². The number of unbranched alkanes of at least 4 members (excludes halogenated alkanes) is 13. The van der Waals surface area contributed by atoms with Gasteiger partial charge in [-0.15, -0.1) is 0 Å². The first kappa shape index (κ1) is 29.1. The molecule has 2 aromatic heterocycles. The maximum atomic E-state index is 13.5. The fraction of sp³-hybridized carbons (Fsp3) is 0.514. The average Bonchev–Trinajstić information content (AvgIpc) is 3.22. The van der Waals surface area contributed by atoms with Crippen LogP contribution in [0.1, 0.15) is 102 Å². The van der Waals surface area contributed by atoms with Gasteiger partial charge in [0.1, 0.15) is 11.5 Å². The van der Waals surface area contributed by atoms with Crippen molar-refractivity contribution in [3.05, 3.63) is 70.3 Å². The Morgan fingerprint density at radius 1 is 0.641 bits per heavy atom. The number of nitrogens with zero attached hydrogens (tertiary/aromatic N) is 2. The van der Waals surface area contributed by atoms with Crippen LogP contribution in [0.2, 0.25) is 0 Å². The van der Waals surface area contributed by atoms with E-state index in [0.29, 0.717) is 5.56 Å². The van der Waals surface area contributed by atoms with E-state index in [-0.39, 0.29) is 11.4 Å². The van der Waals surface area contributed by atoms with Gasteiger partial charge in [-0.05, 0) is 54.3 Å². The van der Waals surface area contributed by atoms with Crippen molar-refractivity contribution in [3.8, 4) is 11.1 Å². The molecular formula is C35H47FN2O. The third-order valence-corrected chi connectivity index (χ3v) is 8.39. The normalized spacial score (nSPS) is 11.7. The topological polar surface area (TPSA) is 26.9 Å². The summed E-state index contributed by atoms with van der Waals surface area (Å²) < 4.78 is 17.3. The number of aromatic nitrogens is 2. The summed E-state index contributed by atoms with van der Waals surface area (Å²) in [6.07, 6.45) is 20.3. The summed E-state index contributed by atoms with van der Waals surface area (Å²) in [5, 5.41) is 2.24. The molecule has 4 heteroatoms. The molecule has 0 saturated carbocycles. The van der Waals surface area contributed by atoms with Crippen LogP contribution in [0.5, 0.6) is 0 Å². The minimum Gasteiger partial charge on any atom is -0.330 e. The van der Waals surface area contributed by atoms with E-state index in [4.69, 9.17) is 0 Å². The molecule has 0 N–H and O–H groups in total. The predicted octanol–water partition coefficient (Wildman–Crippen LogP) is 9.86. The first-order valence-corrected chi connectivity index (χ1v) is 15.4. The maximum absolute atomic E-state index is 13.5. The van der Waals surface area contributed by atoms with Crippen LogP contribution in [0.15, 0.2) is 53.3 Å². The Morgan fingerprint density at radius 2 is 1.21 bits per heavy atom. The minimum absolute atomic E-state index is 0.0670. The molecule has 0 amide bonds. The molecule has 39 heavy (non-hydrogen) atoms. The van der Waals surface area contributed by atoms with Gasteiger partial charge in [-0.25, -0.2) is 4.39 Å². The van der Waals surface area contributed by atoms with Crippen molar-refractivity contribution in [2.24, 2.45) is 14.1 Å². The van der Waals surface area contributed by atoms with E-state index >= 15 is 0 Å². The van der Waals surface area contributed by atoms with Crippen LogP contribution in [0.25, 0.3) is 33.1 Å². The monoisotopic (exact) mass is 530 g/mol. The number of hydrogen-bond acceptors (Lipinski definition) is 1. The quantitative estimate of drug-likeness (QED) is 0.132. The summed E-state index contributed by atoms with van der Waals surface area (Å²) in [6.45, 7) is 2.28. The molecule has 210 valence electrons. The van der Waals surface area contributed by atoms with E-state index in [1.807, 2.05) is 20.2 Å². The van der Waals surface area contributed by atoms with Crippen molar-refractivity contribution in [1.29, 1.82) is 0 Å². The van der Waals surface area contributed by atoms with Gasteiger partial charge in [0.25, 0.3) is 5.56 Å². The minimum atomic E-state index is -0.296. The van der Waals surface area contributed by atoms with E-state index in [2.05, 4.69) is 29.7 Å². The molecule has 4 rings (SSSR count). The summed E-state index contributed by atoms with van der Waals surface area (Å²) in [7, 11) is 3.85. The lowest BCUT2D eigenvalue weighted by Gasteiger charge is -2.08. The lowest BCUT2D eigenvalue weighted by Crippen LogP contribution is -2.20. The van der Waals surface area contributed by atoms with E-state index in [9.17, 15) is 9.18 Å². The second-order valence-electron chi connectivity index (χ2n) is 11.4. The summed E-state index contributed by atoms with van der Waals surface area (Å²) in [5.74, 6) is -0.296. The van der Waals surface area contributed by atoms with E-state index in [0.717, 1.165) is 28.5 Å². The average molecular weight is 531 g/mol. The Labute approximate surface area is 234 Å². The van der Waals surface area contributed by atoms with E-state index < -0.39 is 0 Å². The highest BCUT2D eigenvalue weighted by molar-refractivity contribution is 6.08. The largest absolute Gasteiger partial charge is 0.330 e. The third-order valence-electron chi connectivity index (χ3n) is 8.39. The zero-order valence-electron chi connectivity index (χ0n) is 24.4. The van der Waals surface area contributed by atoms with Gasteiger partial charge in [0.2, 0.25) is 0 Å². The first-order chi connectivity index (χ1) is 19.0. The van der Waals surface area contributed by atoms with Crippen LogP contribution in [-0.2, 0) is 20.5 Å². The van der Waals surface area contributed by atoms with Crippen LogP contribution >= 0.6 is 0 Å². The number of pyridine rings is 1. The number of aryl methyl sites for hydroxylation is 3. The third kappa shape index (κ3) is 7.41. The van der Waals surface area contributed by atoms with Crippen LogP contribution in [0.3, 0.4) is 0 Å². The maximum Gasteiger partial charge on any atom is 0.259 e. The molecule has 4 aromatic rings. The molecule has 2 aromatic carbocycles. The Kier molecular flexibility index (Phi) is 10.8. The second-order valence-corrected chi connectivity index (χ2v) is 11.4. The molecule has 0 aliphatic carbocycles. The van der Waals surface area contributed by atoms with Gasteiger partial charge in [0.05, 0.1) is 5.52 Å². The number of rotatable bonds is 16. The molecule has 0 aliphatic rings. The van der Waals surface area contributed by atoms with Crippen LogP contribution in [-0.4, -0.2) is 9.13 Å². The Hall–Kier alpha value is -2.88. The second kappa shape index (κ2) is 14.5. The summed E-state index contributed by atoms with van der Waals surface area (Å²) in [6, 6.07) is 14.9. The molecule has 0 spiro atoms. The fourth-order valence-electron chi connectivity index (χ4n) is 6.05. The lowest BCUT2D eigenvalue weighted by atomic mass is 10.0. The zero-order chi connectivity index (χ0) is 27.6. The van der Waals surface area contributed by atoms with Gasteiger partial charge in [-0.2, -0.15) is 0 Å². The van der Waals surface area contributed by atoms with Crippen molar-refractivity contribution in [2.75, 3.05) is 0 Å². The molecular weight excluding hydrogens is 483 g/mol. The summed E-state index contributed by atoms with van der Waals surface area (Å²) in [5.41, 5.74) is 4.67. The molecule has 0 radical (unpaired) electrons. The Bertz CT molecular complexity index is 1400. The van der Waals surface area contributed by atoms with Crippen LogP contribution < -0.4 is 5.56 Å². The molecule has 0 aliphatic heterocycles. The molecule has 0 bridgehead atoms. The van der Waals surface area contributed by atoms with Gasteiger partial charge >= 0.3 is 0 Å². The predicted molar refractivity (Wildman–Crippen MR) is 165 cm³/mol. The van der Waals surface area contributed by atoms with Crippen molar-refractivity contribution >= 4 is 21.9 Å². The Morgan fingerprint density at radius 3 is 1.79 bits per heavy atom. The van der Waals surface area contributed by atoms with Crippen molar-refractivity contribution in [3.63, 3.8) is 0 Å². The number of hydrogen-bond donors (Lipinski definition) is 0. The van der Waals surface area contributed by atoms with Gasteiger partial charge < -0.3 is 4.57 Å². The van der Waals surface area contributed by atoms with Crippen molar-refractivity contribution in [1.82, 2.24) is 9.13 Å². The molecule has 3 nitrogen and oxygen atoms in total. The number of benzene rings is 2. The Balaban J connectivity index is 1.30. The van der Waals surface area contributed by atoms with Crippen molar-refractivity contribution in [2.45, 2.75) is 103 Å². The zero-order valence-corrected chi connectivity index (χ0v) is 24.4. The van der Waals surface area contributed by atoms with Gasteiger partial charge in [0, 0.05) is 30.4 Å². The van der Waals surface area contributed by atoms with Crippen molar-refractivity contribution < 1.29 is 4.39 Å². The van der Waals surface area contributed by atoms with Gasteiger partial charge in [-0.3, -0.25) is 9.36 Å².